The van der Waals surface area contributed by atoms with Gasteiger partial charge >= 0.3 is 0 Å². The second-order valence-corrected chi connectivity index (χ2v) is 6.60. The third kappa shape index (κ3) is 5.20. The third-order valence-electron chi connectivity index (χ3n) is 4.09. The van der Waals surface area contributed by atoms with Gasteiger partial charge in [-0.15, -0.1) is 0 Å². The molecular formula is C21H21ClN4O2. The number of halogens is 1. The second-order valence-electron chi connectivity index (χ2n) is 6.19. The summed E-state index contributed by atoms with van der Waals surface area (Å²) >= 11 is 6.17. The summed E-state index contributed by atoms with van der Waals surface area (Å²) in [6.07, 6.45) is 0. The highest BCUT2D eigenvalue weighted by Crippen LogP contribution is 2.16. The number of carbonyl (C=O) groups excluding carboxylic acids is 1. The summed E-state index contributed by atoms with van der Waals surface area (Å²) in [6, 6.07) is 16.7. The van der Waals surface area contributed by atoms with Gasteiger partial charge in [-0.3, -0.25) is 4.79 Å². The Balaban J connectivity index is 1.64. The SMILES string of the molecule is COc1ccc(CNC(=O)c2cc(C)nc(NCc3ccccc3Cl)n2)cc1. The molecule has 1 amide bonds. The highest BCUT2D eigenvalue weighted by atomic mass is 35.5. The van der Waals surface area contributed by atoms with Crippen molar-refractivity contribution in [2.24, 2.45) is 0 Å². The minimum atomic E-state index is -0.262. The molecule has 3 rings (SSSR count). The van der Waals surface area contributed by atoms with Crippen LogP contribution in [0.1, 0.15) is 27.3 Å². The van der Waals surface area contributed by atoms with E-state index >= 15 is 0 Å². The van der Waals surface area contributed by atoms with Crippen LogP contribution in [0.25, 0.3) is 0 Å². The molecule has 2 N–H and O–H groups in total. The molecule has 0 bridgehead atoms. The van der Waals surface area contributed by atoms with E-state index in [1.807, 2.05) is 55.5 Å². The van der Waals surface area contributed by atoms with Crippen molar-refractivity contribution in [2.45, 2.75) is 20.0 Å². The molecule has 6 nitrogen and oxygen atoms in total. The lowest BCUT2D eigenvalue weighted by molar-refractivity contribution is 0.0945. The van der Waals surface area contributed by atoms with Crippen LogP contribution in [0.5, 0.6) is 5.75 Å². The van der Waals surface area contributed by atoms with Gasteiger partial charge in [-0.1, -0.05) is 41.9 Å². The van der Waals surface area contributed by atoms with Crippen LogP contribution in [-0.2, 0) is 13.1 Å². The quantitative estimate of drug-likeness (QED) is 0.631. The average molecular weight is 397 g/mol. The highest BCUT2D eigenvalue weighted by Gasteiger charge is 2.11. The van der Waals surface area contributed by atoms with Crippen molar-refractivity contribution in [3.05, 3.63) is 82.1 Å². The van der Waals surface area contributed by atoms with E-state index in [0.717, 1.165) is 16.9 Å². The van der Waals surface area contributed by atoms with Crippen LogP contribution in [0.15, 0.2) is 54.6 Å². The Labute approximate surface area is 168 Å². The second kappa shape index (κ2) is 9.19. The van der Waals surface area contributed by atoms with E-state index in [0.29, 0.717) is 35.4 Å². The molecule has 0 aliphatic rings. The topological polar surface area (TPSA) is 76.1 Å². The summed E-state index contributed by atoms with van der Waals surface area (Å²) in [5.74, 6) is 0.896. The van der Waals surface area contributed by atoms with Gasteiger partial charge in [0.05, 0.1) is 7.11 Å². The predicted octanol–water partition coefficient (Wildman–Crippen LogP) is 3.99. The van der Waals surface area contributed by atoms with Gasteiger partial charge in [0.25, 0.3) is 5.91 Å². The minimum absolute atomic E-state index is 0.262. The van der Waals surface area contributed by atoms with Gasteiger partial charge in [-0.05, 0) is 42.3 Å². The van der Waals surface area contributed by atoms with Gasteiger partial charge in [0, 0.05) is 23.8 Å². The van der Waals surface area contributed by atoms with Crippen molar-refractivity contribution in [1.29, 1.82) is 0 Å². The molecule has 0 aliphatic carbocycles. The van der Waals surface area contributed by atoms with Crippen LogP contribution in [-0.4, -0.2) is 23.0 Å². The normalized spacial score (nSPS) is 10.4. The van der Waals surface area contributed by atoms with E-state index in [4.69, 9.17) is 16.3 Å². The van der Waals surface area contributed by atoms with Crippen LogP contribution in [0, 0.1) is 6.92 Å². The minimum Gasteiger partial charge on any atom is -0.497 e. The maximum absolute atomic E-state index is 12.5. The Morgan fingerprint density at radius 1 is 1.07 bits per heavy atom. The fourth-order valence-electron chi connectivity index (χ4n) is 2.60. The molecule has 0 spiro atoms. The van der Waals surface area contributed by atoms with Gasteiger partial charge in [0.2, 0.25) is 5.95 Å². The van der Waals surface area contributed by atoms with E-state index in [-0.39, 0.29) is 5.91 Å². The monoisotopic (exact) mass is 396 g/mol. The number of ether oxygens (including phenoxy) is 1. The van der Waals surface area contributed by atoms with E-state index in [1.165, 1.54) is 0 Å². The molecule has 0 atom stereocenters. The van der Waals surface area contributed by atoms with E-state index < -0.39 is 0 Å². The molecule has 0 fully saturated rings. The largest absolute Gasteiger partial charge is 0.497 e. The summed E-state index contributed by atoms with van der Waals surface area (Å²) < 4.78 is 5.13. The zero-order valence-corrected chi connectivity index (χ0v) is 16.5. The molecule has 7 heteroatoms. The third-order valence-corrected chi connectivity index (χ3v) is 4.46. The molecule has 0 aliphatic heterocycles. The molecule has 0 saturated carbocycles. The number of rotatable bonds is 7. The Morgan fingerprint density at radius 3 is 2.54 bits per heavy atom. The van der Waals surface area contributed by atoms with E-state index in [9.17, 15) is 4.79 Å². The molecule has 0 radical (unpaired) electrons. The smallest absolute Gasteiger partial charge is 0.270 e. The number of nitrogens with one attached hydrogen (secondary N) is 2. The van der Waals surface area contributed by atoms with Crippen molar-refractivity contribution in [1.82, 2.24) is 15.3 Å². The Bertz CT molecular complexity index is 961. The number of nitrogens with zero attached hydrogens (tertiary/aromatic N) is 2. The molecule has 28 heavy (non-hydrogen) atoms. The van der Waals surface area contributed by atoms with Crippen molar-refractivity contribution in [3.8, 4) is 5.75 Å². The maximum Gasteiger partial charge on any atom is 0.270 e. The Kier molecular flexibility index (Phi) is 6.45. The fourth-order valence-corrected chi connectivity index (χ4v) is 2.80. The van der Waals surface area contributed by atoms with Crippen molar-refractivity contribution in [2.75, 3.05) is 12.4 Å². The number of carbonyl (C=O) groups is 1. The van der Waals surface area contributed by atoms with Crippen LogP contribution in [0.3, 0.4) is 0 Å². The van der Waals surface area contributed by atoms with Crippen molar-refractivity contribution >= 4 is 23.5 Å². The summed E-state index contributed by atoms with van der Waals surface area (Å²) in [7, 11) is 1.62. The molecule has 1 aromatic heterocycles. The van der Waals surface area contributed by atoms with Gasteiger partial charge in [-0.2, -0.15) is 0 Å². The number of benzene rings is 2. The standard InChI is InChI=1S/C21H21ClN4O2/c1-14-11-19(20(27)23-12-15-7-9-17(28-2)10-8-15)26-21(25-14)24-13-16-5-3-4-6-18(16)22/h3-11H,12-13H2,1-2H3,(H,23,27)(H,24,25,26). The number of hydrogen-bond donors (Lipinski definition) is 2. The summed E-state index contributed by atoms with van der Waals surface area (Å²) in [5, 5.41) is 6.66. The van der Waals surface area contributed by atoms with Crippen molar-refractivity contribution < 1.29 is 9.53 Å². The van der Waals surface area contributed by atoms with Gasteiger partial charge in [0.15, 0.2) is 0 Å². The fraction of sp³-hybridized carbons (Fsp3) is 0.190. The van der Waals surface area contributed by atoms with E-state index in [1.54, 1.807) is 13.2 Å². The Morgan fingerprint density at radius 2 is 1.82 bits per heavy atom. The first-order valence-electron chi connectivity index (χ1n) is 8.79. The number of anilines is 1. The summed E-state index contributed by atoms with van der Waals surface area (Å²) in [4.78, 5) is 21.2. The first kappa shape index (κ1) is 19.6. The number of hydrogen-bond acceptors (Lipinski definition) is 5. The molecule has 144 valence electrons. The van der Waals surface area contributed by atoms with Crippen LogP contribution in [0.2, 0.25) is 5.02 Å². The number of amides is 1. The molecule has 2 aromatic carbocycles. The number of methoxy groups -OCH3 is 1. The lowest BCUT2D eigenvalue weighted by Crippen LogP contribution is -2.24. The summed E-state index contributed by atoms with van der Waals surface area (Å²) in [6.45, 7) is 2.69. The summed E-state index contributed by atoms with van der Waals surface area (Å²) in [5.41, 5.74) is 2.91. The first-order chi connectivity index (χ1) is 13.5. The van der Waals surface area contributed by atoms with E-state index in [2.05, 4.69) is 20.6 Å². The molecule has 0 saturated heterocycles. The predicted molar refractivity (Wildman–Crippen MR) is 110 cm³/mol. The average Bonchev–Trinajstić information content (AvgIpc) is 2.71. The van der Waals surface area contributed by atoms with Crippen molar-refractivity contribution in [3.63, 3.8) is 0 Å². The zero-order valence-electron chi connectivity index (χ0n) is 15.7. The van der Waals surface area contributed by atoms with Gasteiger partial charge in [-0.25, -0.2) is 9.97 Å². The Hall–Kier alpha value is -3.12. The molecule has 3 aromatic rings. The number of aryl methyl sites for hydroxylation is 1. The number of aromatic nitrogens is 2. The zero-order chi connectivity index (χ0) is 19.9. The van der Waals surface area contributed by atoms with Gasteiger partial charge < -0.3 is 15.4 Å². The highest BCUT2D eigenvalue weighted by molar-refractivity contribution is 6.31. The molecule has 0 unspecified atom stereocenters. The van der Waals surface area contributed by atoms with Crippen LogP contribution in [0.4, 0.5) is 5.95 Å². The van der Waals surface area contributed by atoms with Crippen LogP contribution < -0.4 is 15.4 Å². The maximum atomic E-state index is 12.5. The van der Waals surface area contributed by atoms with Gasteiger partial charge in [0.1, 0.15) is 11.4 Å². The van der Waals surface area contributed by atoms with Crippen LogP contribution >= 0.6 is 11.6 Å². The lowest BCUT2D eigenvalue weighted by Gasteiger charge is -2.10. The molecule has 1 heterocycles. The molecular weight excluding hydrogens is 376 g/mol. The first-order valence-corrected chi connectivity index (χ1v) is 9.17. The lowest BCUT2D eigenvalue weighted by atomic mass is 10.2.